The number of sulfonamides is 1. The first-order valence-corrected chi connectivity index (χ1v) is 11.8. The average Bonchev–Trinajstić information content (AvgIpc) is 3.11. The predicted octanol–water partition coefficient (Wildman–Crippen LogP) is 2.94. The quantitative estimate of drug-likeness (QED) is 0.662. The Morgan fingerprint density at radius 3 is 2.31 bits per heavy atom. The highest BCUT2D eigenvalue weighted by atomic mass is 32.2. The first-order valence-electron chi connectivity index (χ1n) is 10.4. The van der Waals surface area contributed by atoms with Crippen LogP contribution in [0.5, 0.6) is 0 Å². The molecule has 1 N–H and O–H groups in total. The molecule has 1 amide bonds. The molecule has 1 fully saturated rings. The molecule has 8 nitrogen and oxygen atoms in total. The number of rotatable bonds is 3. The van der Waals surface area contributed by atoms with E-state index in [4.69, 9.17) is 0 Å². The Labute approximate surface area is 186 Å². The standard InChI is InChI=1S/C23H21N5O3S/c29-23(26-18-14-24-21(25-15-18)16-6-2-1-3-7-16)17-10-12-28(13-11-17)22-19-8-4-5-9-20(19)32(30,31)27-22/h1-9,14-15,17H,10-13H2,(H,26,29). The number of fused-ring (bicyclic) bond motifs is 1. The number of amides is 1. The molecular weight excluding hydrogens is 426 g/mol. The minimum atomic E-state index is -3.65. The van der Waals surface area contributed by atoms with Crippen LogP contribution in [0.3, 0.4) is 0 Å². The molecular formula is C23H21N5O3S. The maximum Gasteiger partial charge on any atom is 0.285 e. The SMILES string of the molecule is O=C(Nc1cnc(-c2ccccc2)nc1)C1CCN(C2=NS(=O)(=O)c3ccccc32)CC1. The number of anilines is 1. The number of hydrogen-bond donors (Lipinski definition) is 1. The van der Waals surface area contributed by atoms with Crippen molar-refractivity contribution in [2.24, 2.45) is 10.3 Å². The molecule has 162 valence electrons. The molecule has 3 aromatic rings. The van der Waals surface area contributed by atoms with Crippen LogP contribution in [0, 0.1) is 5.92 Å². The topological polar surface area (TPSA) is 105 Å². The smallest absolute Gasteiger partial charge is 0.285 e. The molecule has 32 heavy (non-hydrogen) atoms. The minimum Gasteiger partial charge on any atom is -0.355 e. The van der Waals surface area contributed by atoms with Crippen LogP contribution in [0.15, 0.2) is 76.3 Å². The largest absolute Gasteiger partial charge is 0.355 e. The minimum absolute atomic E-state index is 0.0814. The van der Waals surface area contributed by atoms with Gasteiger partial charge in [0.25, 0.3) is 10.0 Å². The number of carbonyl (C=O) groups is 1. The third-order valence-electron chi connectivity index (χ3n) is 5.73. The number of piperidine rings is 1. The van der Waals surface area contributed by atoms with E-state index in [1.165, 1.54) is 0 Å². The Morgan fingerprint density at radius 2 is 1.59 bits per heavy atom. The molecule has 0 saturated carbocycles. The summed E-state index contributed by atoms with van der Waals surface area (Å²) in [4.78, 5) is 23.6. The molecule has 1 saturated heterocycles. The monoisotopic (exact) mass is 447 g/mol. The fourth-order valence-corrected chi connectivity index (χ4v) is 5.27. The Morgan fingerprint density at radius 1 is 0.938 bits per heavy atom. The molecule has 0 aliphatic carbocycles. The zero-order chi connectivity index (χ0) is 22.1. The van der Waals surface area contributed by atoms with Gasteiger partial charge in [-0.25, -0.2) is 9.97 Å². The summed E-state index contributed by atoms with van der Waals surface area (Å²) in [6.07, 6.45) is 4.43. The van der Waals surface area contributed by atoms with Crippen molar-refractivity contribution in [2.75, 3.05) is 18.4 Å². The molecule has 3 heterocycles. The summed E-state index contributed by atoms with van der Waals surface area (Å²) in [6, 6.07) is 16.5. The van der Waals surface area contributed by atoms with Crippen molar-refractivity contribution in [2.45, 2.75) is 17.7 Å². The Hall–Kier alpha value is -3.59. The summed E-state index contributed by atoms with van der Waals surface area (Å²) < 4.78 is 28.6. The lowest BCUT2D eigenvalue weighted by atomic mass is 9.95. The summed E-state index contributed by atoms with van der Waals surface area (Å²) in [5.74, 6) is 0.824. The number of carbonyl (C=O) groups excluding carboxylic acids is 1. The average molecular weight is 448 g/mol. The normalized spacial score (nSPS) is 17.5. The number of hydrogen-bond acceptors (Lipinski definition) is 6. The number of amidine groups is 1. The van der Waals surface area contributed by atoms with Gasteiger partial charge in [0.1, 0.15) is 4.90 Å². The Bertz CT molecular complexity index is 1280. The predicted molar refractivity (Wildman–Crippen MR) is 121 cm³/mol. The maximum atomic E-state index is 12.7. The van der Waals surface area contributed by atoms with Gasteiger partial charge >= 0.3 is 0 Å². The van der Waals surface area contributed by atoms with Gasteiger partial charge in [-0.1, -0.05) is 42.5 Å². The van der Waals surface area contributed by atoms with Crippen molar-refractivity contribution in [1.29, 1.82) is 0 Å². The number of nitrogens with zero attached hydrogens (tertiary/aromatic N) is 4. The van der Waals surface area contributed by atoms with Crippen LogP contribution in [-0.2, 0) is 14.8 Å². The fourth-order valence-electron chi connectivity index (χ4n) is 4.04. The van der Waals surface area contributed by atoms with Gasteiger partial charge in [-0.15, -0.1) is 4.40 Å². The van der Waals surface area contributed by atoms with Gasteiger partial charge in [0, 0.05) is 30.1 Å². The molecule has 1 aromatic heterocycles. The maximum absolute atomic E-state index is 12.7. The Balaban J connectivity index is 1.21. The molecule has 0 bridgehead atoms. The lowest BCUT2D eigenvalue weighted by molar-refractivity contribution is -0.121. The zero-order valence-electron chi connectivity index (χ0n) is 17.2. The summed E-state index contributed by atoms with van der Waals surface area (Å²) in [6.45, 7) is 1.12. The van der Waals surface area contributed by atoms with Gasteiger partial charge in [0.2, 0.25) is 5.91 Å². The molecule has 2 aliphatic rings. The van der Waals surface area contributed by atoms with E-state index in [1.54, 1.807) is 36.7 Å². The van der Waals surface area contributed by atoms with E-state index in [9.17, 15) is 13.2 Å². The molecule has 0 radical (unpaired) electrons. The van der Waals surface area contributed by atoms with Crippen LogP contribution in [0.4, 0.5) is 5.69 Å². The van der Waals surface area contributed by atoms with Crippen LogP contribution in [-0.4, -0.2) is 48.1 Å². The van der Waals surface area contributed by atoms with Crippen LogP contribution < -0.4 is 5.32 Å². The van der Waals surface area contributed by atoms with Crippen LogP contribution >= 0.6 is 0 Å². The summed E-state index contributed by atoms with van der Waals surface area (Å²) >= 11 is 0. The van der Waals surface area contributed by atoms with Crippen molar-refractivity contribution >= 4 is 27.5 Å². The number of aromatic nitrogens is 2. The fraction of sp³-hybridized carbons (Fsp3) is 0.217. The molecule has 0 atom stereocenters. The van der Waals surface area contributed by atoms with Crippen LogP contribution in [0.25, 0.3) is 11.4 Å². The third kappa shape index (κ3) is 3.87. The molecule has 0 unspecified atom stereocenters. The van der Waals surface area contributed by atoms with E-state index < -0.39 is 10.0 Å². The highest BCUT2D eigenvalue weighted by Gasteiger charge is 2.34. The van der Waals surface area contributed by atoms with E-state index in [0.717, 1.165) is 5.56 Å². The summed E-state index contributed by atoms with van der Waals surface area (Å²) in [5.41, 5.74) is 2.10. The third-order valence-corrected chi connectivity index (χ3v) is 7.05. The number of nitrogens with one attached hydrogen (secondary N) is 1. The number of benzene rings is 2. The lowest BCUT2D eigenvalue weighted by Gasteiger charge is -2.32. The highest BCUT2D eigenvalue weighted by Crippen LogP contribution is 2.30. The van der Waals surface area contributed by atoms with Crippen molar-refractivity contribution in [3.63, 3.8) is 0 Å². The van der Waals surface area contributed by atoms with Gasteiger partial charge in [-0.3, -0.25) is 4.79 Å². The highest BCUT2D eigenvalue weighted by molar-refractivity contribution is 7.90. The summed E-state index contributed by atoms with van der Waals surface area (Å²) in [5, 5.41) is 2.89. The molecule has 2 aliphatic heterocycles. The van der Waals surface area contributed by atoms with Gasteiger partial charge in [-0.2, -0.15) is 8.42 Å². The first kappa shape index (κ1) is 20.3. The summed E-state index contributed by atoms with van der Waals surface area (Å²) in [7, 11) is -3.65. The first-order chi connectivity index (χ1) is 15.5. The van der Waals surface area contributed by atoms with E-state index in [0.29, 0.717) is 48.8 Å². The van der Waals surface area contributed by atoms with Crippen LogP contribution in [0.1, 0.15) is 18.4 Å². The second-order valence-corrected chi connectivity index (χ2v) is 9.37. The van der Waals surface area contributed by atoms with E-state index in [1.807, 2.05) is 35.2 Å². The second-order valence-electron chi connectivity index (χ2n) is 7.80. The van der Waals surface area contributed by atoms with E-state index in [2.05, 4.69) is 19.7 Å². The number of likely N-dealkylation sites (tertiary alicyclic amines) is 1. The molecule has 0 spiro atoms. The van der Waals surface area contributed by atoms with Crippen molar-refractivity contribution in [3.05, 3.63) is 72.6 Å². The zero-order valence-corrected chi connectivity index (χ0v) is 18.0. The van der Waals surface area contributed by atoms with E-state index in [-0.39, 0.29) is 16.7 Å². The van der Waals surface area contributed by atoms with Crippen molar-refractivity contribution < 1.29 is 13.2 Å². The molecule has 9 heteroatoms. The molecule has 5 rings (SSSR count). The lowest BCUT2D eigenvalue weighted by Crippen LogP contribution is -2.41. The molecule has 2 aromatic carbocycles. The van der Waals surface area contributed by atoms with E-state index >= 15 is 0 Å². The van der Waals surface area contributed by atoms with Gasteiger partial charge < -0.3 is 10.2 Å². The van der Waals surface area contributed by atoms with Crippen molar-refractivity contribution in [3.8, 4) is 11.4 Å². The Kier molecular flexibility index (Phi) is 5.18. The van der Waals surface area contributed by atoms with Gasteiger partial charge in [0.05, 0.1) is 18.1 Å². The van der Waals surface area contributed by atoms with Gasteiger partial charge in [-0.05, 0) is 25.0 Å². The van der Waals surface area contributed by atoms with Crippen LogP contribution in [0.2, 0.25) is 0 Å². The van der Waals surface area contributed by atoms with Crippen molar-refractivity contribution in [1.82, 2.24) is 14.9 Å². The van der Waals surface area contributed by atoms with Gasteiger partial charge in [0.15, 0.2) is 11.7 Å². The second kappa shape index (κ2) is 8.16.